The number of aromatic nitrogens is 1. The fourth-order valence-electron chi connectivity index (χ4n) is 0.986. The van der Waals surface area contributed by atoms with Crippen molar-refractivity contribution in [1.82, 2.24) is 4.98 Å². The number of nitrogens with zero attached hydrogens (tertiary/aromatic N) is 1. The first-order chi connectivity index (χ1) is 6.74. The fourth-order valence-corrected chi connectivity index (χ4v) is 1.10. The smallest absolute Gasteiger partial charge is 0.165 e. The quantitative estimate of drug-likeness (QED) is 0.433. The monoisotopic (exact) mass is 207 g/mol. The summed E-state index contributed by atoms with van der Waals surface area (Å²) >= 11 is 5.60. The molecule has 0 bridgehead atoms. The minimum Gasteiger partial charge on any atom is -0.294 e. The third-order valence-electron chi connectivity index (χ3n) is 1.70. The third-order valence-corrected chi connectivity index (χ3v) is 1.93. The standard InChI is InChI=1S/C11H10ClNO/c1-2-3-4-5-10(14)9-6-7-11(12)13-8-9/h6-8H,4-5H2,1H3. The van der Waals surface area contributed by atoms with Crippen molar-refractivity contribution in [3.63, 3.8) is 0 Å². The van der Waals surface area contributed by atoms with Crippen LogP contribution in [0.5, 0.6) is 0 Å². The van der Waals surface area contributed by atoms with E-state index in [-0.39, 0.29) is 5.78 Å². The highest BCUT2D eigenvalue weighted by molar-refractivity contribution is 6.29. The van der Waals surface area contributed by atoms with E-state index in [4.69, 9.17) is 11.6 Å². The Kier molecular flexibility index (Phi) is 4.15. The predicted molar refractivity (Wildman–Crippen MR) is 56.3 cm³/mol. The summed E-state index contributed by atoms with van der Waals surface area (Å²) in [6.45, 7) is 1.76. The average molecular weight is 208 g/mol. The Hall–Kier alpha value is -1.33. The molecule has 0 unspecified atom stereocenters. The zero-order valence-corrected chi connectivity index (χ0v) is 8.64. The Morgan fingerprint density at radius 3 is 2.93 bits per heavy atom. The fraction of sp³-hybridized carbons (Fsp3) is 0.273. The number of ketones is 1. The molecule has 2 nitrogen and oxygen atoms in total. The summed E-state index contributed by atoms with van der Waals surface area (Å²) in [6.07, 6.45) is 2.52. The summed E-state index contributed by atoms with van der Waals surface area (Å²) in [4.78, 5) is 15.3. The molecule has 1 aromatic rings. The Morgan fingerprint density at radius 1 is 1.57 bits per heavy atom. The molecule has 0 saturated heterocycles. The highest BCUT2D eigenvalue weighted by Gasteiger charge is 2.04. The van der Waals surface area contributed by atoms with Crippen LogP contribution in [0.25, 0.3) is 0 Å². The topological polar surface area (TPSA) is 30.0 Å². The molecule has 0 aliphatic rings. The van der Waals surface area contributed by atoms with Crippen LogP contribution in [0.2, 0.25) is 5.15 Å². The SMILES string of the molecule is CC#CCCC(=O)c1ccc(Cl)nc1. The minimum atomic E-state index is 0.0527. The molecular weight excluding hydrogens is 198 g/mol. The van der Waals surface area contributed by atoms with Crippen molar-refractivity contribution in [3.8, 4) is 11.8 Å². The van der Waals surface area contributed by atoms with E-state index in [2.05, 4.69) is 16.8 Å². The third kappa shape index (κ3) is 3.20. The van der Waals surface area contributed by atoms with E-state index in [9.17, 15) is 4.79 Å². The van der Waals surface area contributed by atoms with Crippen molar-refractivity contribution < 1.29 is 4.79 Å². The number of carbonyl (C=O) groups is 1. The van der Waals surface area contributed by atoms with Crippen LogP contribution >= 0.6 is 11.6 Å². The molecule has 3 heteroatoms. The number of hydrogen-bond donors (Lipinski definition) is 0. The van der Waals surface area contributed by atoms with Crippen LogP contribution in [0.1, 0.15) is 30.1 Å². The number of carbonyl (C=O) groups excluding carboxylic acids is 1. The summed E-state index contributed by atoms with van der Waals surface area (Å²) in [5.74, 6) is 5.64. The van der Waals surface area contributed by atoms with Gasteiger partial charge in [0.05, 0.1) is 0 Å². The molecule has 0 aromatic carbocycles. The lowest BCUT2D eigenvalue weighted by Crippen LogP contribution is -1.98. The van der Waals surface area contributed by atoms with Gasteiger partial charge in [-0.05, 0) is 19.1 Å². The highest BCUT2D eigenvalue weighted by atomic mass is 35.5. The van der Waals surface area contributed by atoms with Gasteiger partial charge in [-0.2, -0.15) is 0 Å². The van der Waals surface area contributed by atoms with Gasteiger partial charge in [-0.15, -0.1) is 11.8 Å². The molecule has 1 heterocycles. The second-order valence-corrected chi connectivity index (χ2v) is 3.11. The van der Waals surface area contributed by atoms with E-state index in [1.807, 2.05) is 0 Å². The Balaban J connectivity index is 2.59. The first-order valence-electron chi connectivity index (χ1n) is 4.28. The van der Waals surface area contributed by atoms with E-state index >= 15 is 0 Å². The van der Waals surface area contributed by atoms with Gasteiger partial charge in [0.15, 0.2) is 5.78 Å². The van der Waals surface area contributed by atoms with Crippen LogP contribution in [-0.4, -0.2) is 10.8 Å². The molecule has 0 N–H and O–H groups in total. The van der Waals surface area contributed by atoms with Crippen LogP contribution in [-0.2, 0) is 0 Å². The van der Waals surface area contributed by atoms with Crippen LogP contribution in [0.15, 0.2) is 18.3 Å². The molecule has 72 valence electrons. The van der Waals surface area contributed by atoms with Gasteiger partial charge in [0, 0.05) is 24.6 Å². The summed E-state index contributed by atoms with van der Waals surface area (Å²) in [5, 5.41) is 0.398. The summed E-state index contributed by atoms with van der Waals surface area (Å²) < 4.78 is 0. The van der Waals surface area contributed by atoms with E-state index in [1.54, 1.807) is 19.1 Å². The van der Waals surface area contributed by atoms with Gasteiger partial charge in [-0.25, -0.2) is 4.98 Å². The Labute approximate surface area is 88.3 Å². The first-order valence-corrected chi connectivity index (χ1v) is 4.66. The molecule has 0 fully saturated rings. The molecular formula is C11H10ClNO. The average Bonchev–Trinajstić information content (AvgIpc) is 2.19. The summed E-state index contributed by atoms with van der Waals surface area (Å²) in [6, 6.07) is 3.29. The molecule has 0 aliphatic heterocycles. The van der Waals surface area contributed by atoms with Crippen molar-refractivity contribution >= 4 is 17.4 Å². The van der Waals surface area contributed by atoms with Gasteiger partial charge in [-0.3, -0.25) is 4.79 Å². The molecule has 1 aromatic heterocycles. The van der Waals surface area contributed by atoms with Crippen molar-refractivity contribution in [2.24, 2.45) is 0 Å². The van der Waals surface area contributed by atoms with E-state index < -0.39 is 0 Å². The lowest BCUT2D eigenvalue weighted by Gasteiger charge is -1.97. The van der Waals surface area contributed by atoms with Crippen molar-refractivity contribution in [3.05, 3.63) is 29.0 Å². The van der Waals surface area contributed by atoms with Crippen LogP contribution in [0.3, 0.4) is 0 Å². The second kappa shape index (κ2) is 5.41. The van der Waals surface area contributed by atoms with E-state index in [0.717, 1.165) is 0 Å². The normalized spacial score (nSPS) is 9.00. The number of hydrogen-bond acceptors (Lipinski definition) is 2. The van der Waals surface area contributed by atoms with Crippen molar-refractivity contribution in [2.45, 2.75) is 19.8 Å². The Morgan fingerprint density at radius 2 is 2.36 bits per heavy atom. The molecule has 0 aliphatic carbocycles. The molecule has 0 saturated carbocycles. The number of rotatable bonds is 3. The zero-order valence-electron chi connectivity index (χ0n) is 7.88. The lowest BCUT2D eigenvalue weighted by molar-refractivity contribution is 0.0984. The van der Waals surface area contributed by atoms with Gasteiger partial charge in [0.25, 0.3) is 0 Å². The van der Waals surface area contributed by atoms with Gasteiger partial charge >= 0.3 is 0 Å². The molecule has 0 amide bonds. The van der Waals surface area contributed by atoms with Crippen LogP contribution < -0.4 is 0 Å². The highest BCUT2D eigenvalue weighted by Crippen LogP contribution is 2.08. The van der Waals surface area contributed by atoms with Crippen molar-refractivity contribution in [2.75, 3.05) is 0 Å². The second-order valence-electron chi connectivity index (χ2n) is 2.72. The maximum absolute atomic E-state index is 11.5. The van der Waals surface area contributed by atoms with Gasteiger partial charge in [-0.1, -0.05) is 11.6 Å². The van der Waals surface area contributed by atoms with Crippen LogP contribution in [0.4, 0.5) is 0 Å². The molecule has 0 atom stereocenters. The number of Topliss-reactive ketones (excluding diaryl/α,β-unsaturated/α-hetero) is 1. The number of halogens is 1. The Bertz CT molecular complexity index is 373. The number of pyridine rings is 1. The largest absolute Gasteiger partial charge is 0.294 e. The maximum Gasteiger partial charge on any atom is 0.165 e. The minimum absolute atomic E-state index is 0.0527. The van der Waals surface area contributed by atoms with E-state index in [0.29, 0.717) is 23.6 Å². The zero-order chi connectivity index (χ0) is 10.4. The lowest BCUT2D eigenvalue weighted by atomic mass is 10.1. The van der Waals surface area contributed by atoms with Gasteiger partial charge in [0.2, 0.25) is 0 Å². The van der Waals surface area contributed by atoms with Gasteiger partial charge < -0.3 is 0 Å². The molecule has 1 rings (SSSR count). The molecule has 14 heavy (non-hydrogen) atoms. The maximum atomic E-state index is 11.5. The van der Waals surface area contributed by atoms with E-state index in [1.165, 1.54) is 6.20 Å². The summed E-state index contributed by atoms with van der Waals surface area (Å²) in [7, 11) is 0. The molecule has 0 radical (unpaired) electrons. The van der Waals surface area contributed by atoms with Gasteiger partial charge in [0.1, 0.15) is 5.15 Å². The van der Waals surface area contributed by atoms with Crippen LogP contribution in [0, 0.1) is 11.8 Å². The first kappa shape index (κ1) is 10.7. The predicted octanol–water partition coefficient (Wildman–Crippen LogP) is 2.72. The summed E-state index contributed by atoms with van der Waals surface area (Å²) in [5.41, 5.74) is 0.590. The van der Waals surface area contributed by atoms with Crippen molar-refractivity contribution in [1.29, 1.82) is 0 Å². The molecule has 0 spiro atoms.